The van der Waals surface area contributed by atoms with E-state index >= 15 is 0 Å². The van der Waals surface area contributed by atoms with E-state index in [-0.39, 0.29) is 12.6 Å². The second kappa shape index (κ2) is 7.92. The summed E-state index contributed by atoms with van der Waals surface area (Å²) in [6.07, 6.45) is 2.00. The molecule has 5 nitrogen and oxygen atoms in total. The van der Waals surface area contributed by atoms with Crippen molar-refractivity contribution in [2.75, 3.05) is 26.7 Å². The molecule has 0 heterocycles. The molecule has 0 rings (SSSR count). The number of nitrogens with zero attached hydrogens (tertiary/aromatic N) is 2. The quantitative estimate of drug-likeness (QED) is 0.744. The summed E-state index contributed by atoms with van der Waals surface area (Å²) in [5.74, 6) is -1.40. The van der Waals surface area contributed by atoms with Crippen LogP contribution in [0.2, 0.25) is 0 Å². The van der Waals surface area contributed by atoms with Crippen molar-refractivity contribution >= 4 is 12.0 Å². The second-order valence-corrected chi connectivity index (χ2v) is 4.34. The Morgan fingerprint density at radius 2 is 1.88 bits per heavy atom. The molecule has 1 atom stereocenters. The van der Waals surface area contributed by atoms with E-state index in [1.54, 1.807) is 23.8 Å². The summed E-state index contributed by atoms with van der Waals surface area (Å²) >= 11 is 0. The van der Waals surface area contributed by atoms with Crippen LogP contribution in [-0.2, 0) is 4.79 Å². The van der Waals surface area contributed by atoms with Crippen LogP contribution in [0.5, 0.6) is 0 Å². The van der Waals surface area contributed by atoms with Gasteiger partial charge in [0.05, 0.1) is 5.92 Å². The van der Waals surface area contributed by atoms with E-state index in [0.717, 1.165) is 12.8 Å². The molecule has 100 valence electrons. The Labute approximate surface area is 103 Å². The minimum atomic E-state index is -0.868. The van der Waals surface area contributed by atoms with Crippen LogP contribution in [0.15, 0.2) is 0 Å². The average Bonchev–Trinajstić information content (AvgIpc) is 2.31. The Bertz CT molecular complexity index is 256. The monoisotopic (exact) mass is 244 g/mol. The predicted molar refractivity (Wildman–Crippen MR) is 67.0 cm³/mol. The average molecular weight is 244 g/mol. The maximum atomic E-state index is 12.0. The number of hydrogen-bond acceptors (Lipinski definition) is 2. The van der Waals surface area contributed by atoms with Crippen LogP contribution >= 0.6 is 0 Å². The van der Waals surface area contributed by atoms with Crippen molar-refractivity contribution in [1.82, 2.24) is 9.80 Å². The van der Waals surface area contributed by atoms with Gasteiger partial charge in [0, 0.05) is 26.7 Å². The molecular formula is C12H24N2O3. The molecule has 0 aromatic rings. The zero-order valence-electron chi connectivity index (χ0n) is 11.3. The van der Waals surface area contributed by atoms with E-state index in [4.69, 9.17) is 5.11 Å². The number of carboxylic acid groups (broad SMARTS) is 1. The highest BCUT2D eigenvalue weighted by Crippen LogP contribution is 2.04. The van der Waals surface area contributed by atoms with E-state index in [1.165, 1.54) is 0 Å². The predicted octanol–water partition coefficient (Wildman–Crippen LogP) is 1.88. The first-order chi connectivity index (χ1) is 7.93. The zero-order valence-corrected chi connectivity index (χ0v) is 11.3. The van der Waals surface area contributed by atoms with Gasteiger partial charge in [0.2, 0.25) is 0 Å². The summed E-state index contributed by atoms with van der Waals surface area (Å²) in [6, 6.07) is -0.0888. The zero-order chi connectivity index (χ0) is 13.4. The minimum Gasteiger partial charge on any atom is -0.481 e. The van der Waals surface area contributed by atoms with E-state index in [9.17, 15) is 9.59 Å². The molecule has 0 aromatic heterocycles. The Hall–Kier alpha value is -1.26. The summed E-state index contributed by atoms with van der Waals surface area (Å²) < 4.78 is 0. The summed E-state index contributed by atoms with van der Waals surface area (Å²) in [6.45, 7) is 7.06. The standard InChI is InChI=1S/C12H24N2O3/c1-5-7-8-13(4)12(17)14(6-2)9-10(3)11(15)16/h10H,5-9H2,1-4H3,(H,15,16). The van der Waals surface area contributed by atoms with Gasteiger partial charge in [-0.15, -0.1) is 0 Å². The molecule has 0 saturated heterocycles. The van der Waals surface area contributed by atoms with Gasteiger partial charge in [0.15, 0.2) is 0 Å². The number of urea groups is 1. The van der Waals surface area contributed by atoms with Gasteiger partial charge >= 0.3 is 12.0 Å². The molecule has 0 bridgehead atoms. The molecule has 1 unspecified atom stereocenters. The number of unbranched alkanes of at least 4 members (excludes halogenated alkanes) is 1. The third-order valence-corrected chi connectivity index (χ3v) is 2.74. The van der Waals surface area contributed by atoms with Crippen molar-refractivity contribution < 1.29 is 14.7 Å². The van der Waals surface area contributed by atoms with Gasteiger partial charge in [-0.2, -0.15) is 0 Å². The molecule has 17 heavy (non-hydrogen) atoms. The van der Waals surface area contributed by atoms with E-state index in [2.05, 4.69) is 6.92 Å². The molecule has 1 N–H and O–H groups in total. The van der Waals surface area contributed by atoms with Gasteiger partial charge in [-0.25, -0.2) is 4.79 Å². The number of amides is 2. The third-order valence-electron chi connectivity index (χ3n) is 2.74. The Morgan fingerprint density at radius 3 is 2.29 bits per heavy atom. The van der Waals surface area contributed by atoms with E-state index in [1.807, 2.05) is 6.92 Å². The summed E-state index contributed by atoms with van der Waals surface area (Å²) in [5.41, 5.74) is 0. The van der Waals surface area contributed by atoms with Crippen molar-refractivity contribution in [3.05, 3.63) is 0 Å². The minimum absolute atomic E-state index is 0.0888. The number of hydrogen-bond donors (Lipinski definition) is 1. The van der Waals surface area contributed by atoms with Gasteiger partial charge in [-0.05, 0) is 13.3 Å². The fourth-order valence-electron chi connectivity index (χ4n) is 1.48. The number of carbonyl (C=O) groups is 2. The van der Waals surface area contributed by atoms with Crippen LogP contribution in [0.25, 0.3) is 0 Å². The van der Waals surface area contributed by atoms with Crippen LogP contribution in [0, 0.1) is 5.92 Å². The lowest BCUT2D eigenvalue weighted by Gasteiger charge is -2.28. The van der Waals surface area contributed by atoms with Gasteiger partial charge < -0.3 is 14.9 Å². The first-order valence-electron chi connectivity index (χ1n) is 6.16. The van der Waals surface area contributed by atoms with Gasteiger partial charge in [-0.1, -0.05) is 20.3 Å². The topological polar surface area (TPSA) is 60.9 Å². The number of carbonyl (C=O) groups excluding carboxylic acids is 1. The number of rotatable bonds is 7. The Morgan fingerprint density at radius 1 is 1.29 bits per heavy atom. The Balaban J connectivity index is 4.34. The lowest BCUT2D eigenvalue weighted by Crippen LogP contribution is -2.44. The summed E-state index contributed by atoms with van der Waals surface area (Å²) in [7, 11) is 1.76. The maximum Gasteiger partial charge on any atom is 0.319 e. The van der Waals surface area contributed by atoms with Crippen molar-refractivity contribution in [1.29, 1.82) is 0 Å². The first-order valence-corrected chi connectivity index (χ1v) is 6.16. The van der Waals surface area contributed by atoms with Crippen molar-refractivity contribution in [3.8, 4) is 0 Å². The third kappa shape index (κ3) is 5.56. The highest BCUT2D eigenvalue weighted by atomic mass is 16.4. The summed E-state index contributed by atoms with van der Waals surface area (Å²) in [5, 5.41) is 8.84. The molecule has 0 spiro atoms. The number of carboxylic acids is 1. The molecule has 0 aliphatic heterocycles. The fraction of sp³-hybridized carbons (Fsp3) is 0.833. The summed E-state index contributed by atoms with van der Waals surface area (Å²) in [4.78, 5) is 26.0. The molecule has 2 amide bonds. The van der Waals surface area contributed by atoms with Gasteiger partial charge in [-0.3, -0.25) is 4.79 Å². The Kier molecular flexibility index (Phi) is 7.34. The van der Waals surface area contributed by atoms with Crippen LogP contribution in [-0.4, -0.2) is 53.6 Å². The van der Waals surface area contributed by atoms with Crippen LogP contribution in [0.1, 0.15) is 33.6 Å². The van der Waals surface area contributed by atoms with E-state index in [0.29, 0.717) is 13.1 Å². The molecule has 0 aliphatic rings. The molecule has 5 heteroatoms. The normalized spacial score (nSPS) is 12.0. The molecule has 0 saturated carbocycles. The highest BCUT2D eigenvalue weighted by Gasteiger charge is 2.21. The molecular weight excluding hydrogens is 220 g/mol. The molecule has 0 fully saturated rings. The largest absolute Gasteiger partial charge is 0.481 e. The smallest absolute Gasteiger partial charge is 0.319 e. The van der Waals surface area contributed by atoms with Crippen molar-refractivity contribution in [2.45, 2.75) is 33.6 Å². The molecule has 0 radical (unpaired) electrons. The SMILES string of the molecule is CCCCN(C)C(=O)N(CC)CC(C)C(=O)O. The van der Waals surface area contributed by atoms with Crippen molar-refractivity contribution in [3.63, 3.8) is 0 Å². The molecule has 0 aromatic carbocycles. The second-order valence-electron chi connectivity index (χ2n) is 4.34. The van der Waals surface area contributed by atoms with E-state index < -0.39 is 11.9 Å². The lowest BCUT2D eigenvalue weighted by atomic mass is 10.2. The number of aliphatic carboxylic acids is 1. The first kappa shape index (κ1) is 15.7. The van der Waals surface area contributed by atoms with Crippen LogP contribution < -0.4 is 0 Å². The van der Waals surface area contributed by atoms with Crippen LogP contribution in [0.3, 0.4) is 0 Å². The highest BCUT2D eigenvalue weighted by molar-refractivity contribution is 5.75. The lowest BCUT2D eigenvalue weighted by molar-refractivity contribution is -0.141. The van der Waals surface area contributed by atoms with Crippen molar-refractivity contribution in [2.24, 2.45) is 5.92 Å². The maximum absolute atomic E-state index is 12.0. The van der Waals surface area contributed by atoms with Crippen LogP contribution in [0.4, 0.5) is 4.79 Å². The van der Waals surface area contributed by atoms with Gasteiger partial charge in [0.25, 0.3) is 0 Å². The molecule has 0 aliphatic carbocycles. The fourth-order valence-corrected chi connectivity index (χ4v) is 1.48. The van der Waals surface area contributed by atoms with Gasteiger partial charge in [0.1, 0.15) is 0 Å².